The van der Waals surface area contributed by atoms with Crippen molar-refractivity contribution in [3.05, 3.63) is 18.0 Å². The molecule has 18 heavy (non-hydrogen) atoms. The molecule has 0 aromatic carbocycles. The quantitative estimate of drug-likeness (QED) is 0.738. The van der Waals surface area contributed by atoms with Gasteiger partial charge in [0, 0.05) is 12.7 Å². The molecular weight excluding hydrogens is 230 g/mol. The van der Waals surface area contributed by atoms with Crippen molar-refractivity contribution in [1.82, 2.24) is 15.3 Å². The molecule has 6 nitrogen and oxygen atoms in total. The number of ether oxygens (including phenoxy) is 1. The fourth-order valence-electron chi connectivity index (χ4n) is 1.86. The second kappa shape index (κ2) is 6.89. The van der Waals surface area contributed by atoms with Crippen LogP contribution in [0.25, 0.3) is 0 Å². The van der Waals surface area contributed by atoms with Gasteiger partial charge in [-0.15, -0.1) is 0 Å². The van der Waals surface area contributed by atoms with Crippen LogP contribution in [0.15, 0.2) is 12.3 Å². The lowest BCUT2D eigenvalue weighted by molar-refractivity contribution is 0.0393. The van der Waals surface area contributed by atoms with Crippen LogP contribution in [0.1, 0.15) is 18.5 Å². The Hall–Kier alpha value is -1.71. The number of aromatic nitrogens is 2. The highest BCUT2D eigenvalue weighted by atomic mass is 16.5. The molecule has 1 aliphatic rings. The molecule has 0 bridgehead atoms. The van der Waals surface area contributed by atoms with E-state index in [0.717, 1.165) is 25.9 Å². The second-order valence-electron chi connectivity index (χ2n) is 4.12. The standard InChI is InChI=1S/C12H17N5O/c13-9-10-1-6-15-12(17-10)16-7-8-18-11-2-4-14-5-3-11/h1,6,11,14H,2-5,7-8H2,(H,15,16,17). The summed E-state index contributed by atoms with van der Waals surface area (Å²) in [5, 5.41) is 15.0. The third-order valence-electron chi connectivity index (χ3n) is 2.80. The van der Waals surface area contributed by atoms with Gasteiger partial charge in [-0.25, -0.2) is 9.97 Å². The van der Waals surface area contributed by atoms with Crippen LogP contribution in [0, 0.1) is 11.3 Å². The van der Waals surface area contributed by atoms with E-state index in [0.29, 0.717) is 30.9 Å². The Morgan fingerprint density at radius 1 is 1.50 bits per heavy atom. The molecule has 0 saturated carbocycles. The number of nitriles is 1. The molecule has 0 aliphatic carbocycles. The Balaban J connectivity index is 1.67. The number of nitrogens with one attached hydrogen (secondary N) is 2. The summed E-state index contributed by atoms with van der Waals surface area (Å²) < 4.78 is 5.74. The summed E-state index contributed by atoms with van der Waals surface area (Å²) in [7, 11) is 0. The van der Waals surface area contributed by atoms with Crippen LogP contribution in [0.5, 0.6) is 0 Å². The number of hydrogen-bond acceptors (Lipinski definition) is 6. The normalized spacial score (nSPS) is 16.2. The number of nitrogens with zero attached hydrogens (tertiary/aromatic N) is 3. The molecule has 1 saturated heterocycles. The molecule has 96 valence electrons. The number of piperidine rings is 1. The minimum Gasteiger partial charge on any atom is -0.376 e. The maximum atomic E-state index is 8.71. The predicted octanol–water partition coefficient (Wildman–Crippen LogP) is 0.529. The van der Waals surface area contributed by atoms with E-state index in [1.54, 1.807) is 12.3 Å². The van der Waals surface area contributed by atoms with Crippen molar-refractivity contribution >= 4 is 5.95 Å². The van der Waals surface area contributed by atoms with Gasteiger partial charge in [0.2, 0.25) is 5.95 Å². The maximum absolute atomic E-state index is 8.71. The maximum Gasteiger partial charge on any atom is 0.223 e. The highest BCUT2D eigenvalue weighted by molar-refractivity contribution is 5.29. The lowest BCUT2D eigenvalue weighted by Gasteiger charge is -2.22. The molecule has 1 aliphatic heterocycles. The van der Waals surface area contributed by atoms with Crippen molar-refractivity contribution in [1.29, 1.82) is 5.26 Å². The van der Waals surface area contributed by atoms with Gasteiger partial charge in [0.05, 0.1) is 12.7 Å². The average Bonchev–Trinajstić information content (AvgIpc) is 2.45. The summed E-state index contributed by atoms with van der Waals surface area (Å²) in [6.07, 6.45) is 4.07. The molecule has 6 heteroatoms. The molecule has 0 spiro atoms. The molecule has 0 amide bonds. The van der Waals surface area contributed by atoms with Crippen LogP contribution in [-0.4, -0.2) is 42.3 Å². The summed E-state index contributed by atoms with van der Waals surface area (Å²) in [5.41, 5.74) is 0.367. The van der Waals surface area contributed by atoms with Gasteiger partial charge in [-0.3, -0.25) is 0 Å². The highest BCUT2D eigenvalue weighted by Gasteiger charge is 2.12. The Bertz CT molecular complexity index is 411. The molecule has 2 rings (SSSR count). The van der Waals surface area contributed by atoms with E-state index in [4.69, 9.17) is 10.00 Å². The van der Waals surface area contributed by atoms with Crippen molar-refractivity contribution in [2.45, 2.75) is 18.9 Å². The molecule has 1 aromatic rings. The number of hydrogen-bond donors (Lipinski definition) is 2. The average molecular weight is 247 g/mol. The molecule has 0 unspecified atom stereocenters. The molecule has 0 atom stereocenters. The molecule has 1 aromatic heterocycles. The zero-order chi connectivity index (χ0) is 12.6. The highest BCUT2D eigenvalue weighted by Crippen LogP contribution is 2.06. The SMILES string of the molecule is N#Cc1ccnc(NCCOC2CCNCC2)n1. The lowest BCUT2D eigenvalue weighted by Crippen LogP contribution is -2.33. The van der Waals surface area contributed by atoms with Crippen molar-refractivity contribution in [3.63, 3.8) is 0 Å². The minimum atomic E-state index is 0.361. The first-order valence-electron chi connectivity index (χ1n) is 6.18. The Morgan fingerprint density at radius 3 is 3.11 bits per heavy atom. The van der Waals surface area contributed by atoms with Crippen molar-refractivity contribution in [2.24, 2.45) is 0 Å². The van der Waals surface area contributed by atoms with E-state index in [1.807, 2.05) is 6.07 Å². The predicted molar refractivity (Wildman–Crippen MR) is 67.1 cm³/mol. The van der Waals surface area contributed by atoms with Gasteiger partial charge < -0.3 is 15.4 Å². The van der Waals surface area contributed by atoms with E-state index in [2.05, 4.69) is 20.6 Å². The van der Waals surface area contributed by atoms with Crippen LogP contribution in [-0.2, 0) is 4.74 Å². The minimum absolute atomic E-state index is 0.361. The molecular formula is C12H17N5O. The molecule has 0 radical (unpaired) electrons. The Morgan fingerprint density at radius 2 is 2.33 bits per heavy atom. The van der Waals surface area contributed by atoms with Gasteiger partial charge in [0.25, 0.3) is 0 Å². The first-order chi connectivity index (χ1) is 8.88. The van der Waals surface area contributed by atoms with Gasteiger partial charge in [-0.1, -0.05) is 0 Å². The van der Waals surface area contributed by atoms with Gasteiger partial charge in [0.15, 0.2) is 0 Å². The first-order valence-corrected chi connectivity index (χ1v) is 6.18. The van der Waals surface area contributed by atoms with E-state index in [1.165, 1.54) is 0 Å². The monoisotopic (exact) mass is 247 g/mol. The number of anilines is 1. The second-order valence-corrected chi connectivity index (χ2v) is 4.12. The van der Waals surface area contributed by atoms with Crippen LogP contribution in [0.2, 0.25) is 0 Å². The van der Waals surface area contributed by atoms with E-state index in [9.17, 15) is 0 Å². The molecule has 1 fully saturated rings. The fraction of sp³-hybridized carbons (Fsp3) is 0.583. The van der Waals surface area contributed by atoms with Gasteiger partial charge in [-0.2, -0.15) is 5.26 Å². The largest absolute Gasteiger partial charge is 0.376 e. The summed E-state index contributed by atoms with van der Waals surface area (Å²) in [4.78, 5) is 8.06. The van der Waals surface area contributed by atoms with Gasteiger partial charge in [0.1, 0.15) is 11.8 Å². The third-order valence-corrected chi connectivity index (χ3v) is 2.80. The topological polar surface area (TPSA) is 82.9 Å². The summed E-state index contributed by atoms with van der Waals surface area (Å²) in [6.45, 7) is 3.35. The van der Waals surface area contributed by atoms with E-state index < -0.39 is 0 Å². The molecule has 2 N–H and O–H groups in total. The fourth-order valence-corrected chi connectivity index (χ4v) is 1.86. The van der Waals surface area contributed by atoms with Crippen LogP contribution >= 0.6 is 0 Å². The zero-order valence-corrected chi connectivity index (χ0v) is 10.2. The van der Waals surface area contributed by atoms with Crippen molar-refractivity contribution in [3.8, 4) is 6.07 Å². The summed E-state index contributed by atoms with van der Waals surface area (Å²) in [5.74, 6) is 0.475. The van der Waals surface area contributed by atoms with Crippen molar-refractivity contribution < 1.29 is 4.74 Å². The van der Waals surface area contributed by atoms with E-state index in [-0.39, 0.29) is 0 Å². The summed E-state index contributed by atoms with van der Waals surface area (Å²) >= 11 is 0. The molecule has 2 heterocycles. The van der Waals surface area contributed by atoms with Crippen LogP contribution in [0.4, 0.5) is 5.95 Å². The van der Waals surface area contributed by atoms with Gasteiger partial charge >= 0.3 is 0 Å². The summed E-state index contributed by atoms with van der Waals surface area (Å²) in [6, 6.07) is 3.56. The van der Waals surface area contributed by atoms with E-state index >= 15 is 0 Å². The zero-order valence-electron chi connectivity index (χ0n) is 10.2. The van der Waals surface area contributed by atoms with Crippen LogP contribution in [0.3, 0.4) is 0 Å². The van der Waals surface area contributed by atoms with Gasteiger partial charge in [-0.05, 0) is 32.0 Å². The Kier molecular flexibility index (Phi) is 4.88. The Labute approximate surface area is 106 Å². The smallest absolute Gasteiger partial charge is 0.223 e. The van der Waals surface area contributed by atoms with Crippen molar-refractivity contribution in [2.75, 3.05) is 31.6 Å². The first kappa shape index (κ1) is 12.7. The lowest BCUT2D eigenvalue weighted by atomic mass is 10.1. The van der Waals surface area contributed by atoms with Crippen LogP contribution < -0.4 is 10.6 Å². The number of rotatable bonds is 5. The third kappa shape index (κ3) is 3.95.